The number of para-hydroxylation sites is 3. The Morgan fingerprint density at radius 1 is 0.893 bits per heavy atom. The lowest BCUT2D eigenvalue weighted by Gasteiger charge is -2.13. The maximum absolute atomic E-state index is 12.7. The number of ether oxygens (including phenoxy) is 1. The van der Waals surface area contributed by atoms with Crippen molar-refractivity contribution in [3.63, 3.8) is 0 Å². The lowest BCUT2D eigenvalue weighted by molar-refractivity contribution is -0.305. The molecule has 3 aromatic rings. The highest BCUT2D eigenvalue weighted by Gasteiger charge is 2.16. The first-order chi connectivity index (χ1) is 13.4. The van der Waals surface area contributed by atoms with Gasteiger partial charge in [-0.05, 0) is 54.8 Å². The summed E-state index contributed by atoms with van der Waals surface area (Å²) >= 11 is 0. The van der Waals surface area contributed by atoms with Crippen LogP contribution in [0.25, 0.3) is 0 Å². The van der Waals surface area contributed by atoms with E-state index in [0.717, 1.165) is 5.56 Å². The molecular formula is C21H18NO5S-. The molecule has 0 spiro atoms. The highest BCUT2D eigenvalue weighted by atomic mass is 32.2. The molecule has 0 aliphatic rings. The van der Waals surface area contributed by atoms with Gasteiger partial charge in [-0.3, -0.25) is 4.72 Å². The standard InChI is InChI=1S/C21H19NO5S/c23-21(24)15-12-16-10-13-18(14-11-16)28(25,26)22-19-8-4-5-9-20(19)27-17-6-2-1-3-7-17/h1-11,13-14,22H,12,15H2,(H,23,24)/p-1. The number of carbonyl (C=O) groups excluding carboxylic acids is 1. The number of aryl methyl sites for hydroxylation is 1. The van der Waals surface area contributed by atoms with Crippen molar-refractivity contribution in [2.24, 2.45) is 0 Å². The highest BCUT2D eigenvalue weighted by molar-refractivity contribution is 7.92. The van der Waals surface area contributed by atoms with E-state index in [0.29, 0.717) is 17.2 Å². The molecule has 0 saturated carbocycles. The van der Waals surface area contributed by atoms with Crippen LogP contribution in [0, 0.1) is 0 Å². The second kappa shape index (κ2) is 8.58. The van der Waals surface area contributed by atoms with Crippen LogP contribution in [0.15, 0.2) is 83.8 Å². The molecule has 0 atom stereocenters. The van der Waals surface area contributed by atoms with Gasteiger partial charge in [0.25, 0.3) is 10.0 Å². The van der Waals surface area contributed by atoms with E-state index >= 15 is 0 Å². The molecule has 0 saturated heterocycles. The fourth-order valence-electron chi connectivity index (χ4n) is 2.54. The second-order valence-electron chi connectivity index (χ2n) is 6.03. The Kier molecular flexibility index (Phi) is 5.96. The van der Waals surface area contributed by atoms with Crippen LogP contribution < -0.4 is 14.6 Å². The summed E-state index contributed by atoms with van der Waals surface area (Å²) in [6.45, 7) is 0. The van der Waals surface area contributed by atoms with Crippen LogP contribution in [0.5, 0.6) is 11.5 Å². The maximum atomic E-state index is 12.7. The number of carboxylic acids is 1. The van der Waals surface area contributed by atoms with Crippen LogP contribution in [-0.4, -0.2) is 14.4 Å². The van der Waals surface area contributed by atoms with Crippen LogP contribution in [0.4, 0.5) is 5.69 Å². The van der Waals surface area contributed by atoms with Gasteiger partial charge in [-0.25, -0.2) is 8.42 Å². The van der Waals surface area contributed by atoms with E-state index < -0.39 is 16.0 Å². The van der Waals surface area contributed by atoms with Crippen molar-refractivity contribution in [3.05, 3.63) is 84.4 Å². The van der Waals surface area contributed by atoms with E-state index in [4.69, 9.17) is 4.74 Å². The van der Waals surface area contributed by atoms with Gasteiger partial charge in [-0.2, -0.15) is 0 Å². The Hall–Kier alpha value is -3.32. The van der Waals surface area contributed by atoms with Gasteiger partial charge in [0, 0.05) is 5.97 Å². The predicted octanol–water partition coefficient (Wildman–Crippen LogP) is 2.96. The first-order valence-corrected chi connectivity index (χ1v) is 10.1. The molecule has 0 aromatic heterocycles. The van der Waals surface area contributed by atoms with Gasteiger partial charge >= 0.3 is 0 Å². The number of hydrogen-bond acceptors (Lipinski definition) is 5. The van der Waals surface area contributed by atoms with Crippen LogP contribution in [-0.2, 0) is 21.2 Å². The van der Waals surface area contributed by atoms with E-state index in [1.807, 2.05) is 18.2 Å². The van der Waals surface area contributed by atoms with Gasteiger partial charge in [-0.15, -0.1) is 0 Å². The van der Waals surface area contributed by atoms with E-state index in [2.05, 4.69) is 4.72 Å². The molecule has 3 rings (SSSR count). The zero-order valence-electron chi connectivity index (χ0n) is 14.9. The summed E-state index contributed by atoms with van der Waals surface area (Å²) in [6.07, 6.45) is 0.165. The Morgan fingerprint density at radius 3 is 2.21 bits per heavy atom. The van der Waals surface area contributed by atoms with Crippen LogP contribution in [0.3, 0.4) is 0 Å². The predicted molar refractivity (Wildman–Crippen MR) is 104 cm³/mol. The number of aliphatic carboxylic acids is 1. The monoisotopic (exact) mass is 396 g/mol. The van der Waals surface area contributed by atoms with Crippen LogP contribution in [0.2, 0.25) is 0 Å². The lowest BCUT2D eigenvalue weighted by Crippen LogP contribution is -2.22. The largest absolute Gasteiger partial charge is 0.550 e. The van der Waals surface area contributed by atoms with Crippen molar-refractivity contribution in [1.29, 1.82) is 0 Å². The quantitative estimate of drug-likeness (QED) is 0.632. The zero-order valence-corrected chi connectivity index (χ0v) is 15.7. The molecule has 0 heterocycles. The van der Waals surface area contributed by atoms with Crippen LogP contribution in [0.1, 0.15) is 12.0 Å². The third-order valence-corrected chi connectivity index (χ3v) is 5.34. The van der Waals surface area contributed by atoms with Crippen molar-refractivity contribution in [1.82, 2.24) is 0 Å². The number of hydrogen-bond donors (Lipinski definition) is 1. The molecule has 0 radical (unpaired) electrons. The van der Waals surface area contributed by atoms with Crippen molar-refractivity contribution in [2.75, 3.05) is 4.72 Å². The van der Waals surface area contributed by atoms with Crippen molar-refractivity contribution < 1.29 is 23.1 Å². The summed E-state index contributed by atoms with van der Waals surface area (Å²) in [7, 11) is -3.83. The summed E-state index contributed by atoms with van der Waals surface area (Å²) in [5.41, 5.74) is 1.03. The number of nitrogens with one attached hydrogen (secondary N) is 1. The molecule has 0 unspecified atom stereocenters. The molecule has 0 aliphatic carbocycles. The van der Waals surface area contributed by atoms with E-state index in [1.54, 1.807) is 48.5 Å². The molecule has 3 aromatic carbocycles. The van der Waals surface area contributed by atoms with Crippen molar-refractivity contribution in [2.45, 2.75) is 17.7 Å². The van der Waals surface area contributed by atoms with Gasteiger partial charge in [0.1, 0.15) is 5.75 Å². The minimum Gasteiger partial charge on any atom is -0.550 e. The average molecular weight is 396 g/mol. The fraction of sp³-hybridized carbons (Fsp3) is 0.0952. The molecular weight excluding hydrogens is 378 g/mol. The topological polar surface area (TPSA) is 95.5 Å². The first-order valence-electron chi connectivity index (χ1n) is 8.57. The summed E-state index contributed by atoms with van der Waals surface area (Å²) < 4.78 is 33.7. The fourth-order valence-corrected chi connectivity index (χ4v) is 3.61. The first kappa shape index (κ1) is 19.4. The Balaban J connectivity index is 1.78. The number of carboxylic acid groups (broad SMARTS) is 1. The van der Waals surface area contributed by atoms with Gasteiger partial charge in [0.05, 0.1) is 10.6 Å². The SMILES string of the molecule is O=C([O-])CCc1ccc(S(=O)(=O)Nc2ccccc2Oc2ccccc2)cc1. The third kappa shape index (κ3) is 5.11. The number of benzene rings is 3. The maximum Gasteiger partial charge on any atom is 0.262 e. The zero-order chi connectivity index (χ0) is 20.0. The third-order valence-electron chi connectivity index (χ3n) is 3.95. The smallest absolute Gasteiger partial charge is 0.262 e. The molecule has 1 N–H and O–H groups in total. The Labute approximate surface area is 163 Å². The molecule has 0 fully saturated rings. The molecule has 6 nitrogen and oxygen atoms in total. The number of carbonyl (C=O) groups is 1. The second-order valence-corrected chi connectivity index (χ2v) is 7.72. The lowest BCUT2D eigenvalue weighted by atomic mass is 10.1. The van der Waals surface area contributed by atoms with Crippen LogP contribution >= 0.6 is 0 Å². The minimum atomic E-state index is -3.83. The molecule has 0 aliphatic heterocycles. The number of rotatable bonds is 8. The van der Waals surface area contributed by atoms with E-state index in [9.17, 15) is 18.3 Å². The average Bonchev–Trinajstić information content (AvgIpc) is 2.69. The van der Waals surface area contributed by atoms with Gasteiger partial charge < -0.3 is 14.6 Å². The molecule has 0 amide bonds. The molecule has 144 valence electrons. The van der Waals surface area contributed by atoms with E-state index in [1.165, 1.54) is 12.1 Å². The Morgan fingerprint density at radius 2 is 1.54 bits per heavy atom. The van der Waals surface area contributed by atoms with Gasteiger partial charge in [0.2, 0.25) is 0 Å². The van der Waals surface area contributed by atoms with Gasteiger partial charge in [-0.1, -0.05) is 42.5 Å². The van der Waals surface area contributed by atoms with E-state index in [-0.39, 0.29) is 17.7 Å². The normalized spacial score (nSPS) is 11.0. The molecule has 0 bridgehead atoms. The van der Waals surface area contributed by atoms with Crippen molar-refractivity contribution in [3.8, 4) is 11.5 Å². The number of sulfonamides is 1. The minimum absolute atomic E-state index is 0.0687. The summed E-state index contributed by atoms with van der Waals surface area (Å²) in [6, 6.07) is 21.9. The molecule has 7 heteroatoms. The highest BCUT2D eigenvalue weighted by Crippen LogP contribution is 2.30. The Bertz CT molecular complexity index is 1050. The van der Waals surface area contributed by atoms with Gasteiger partial charge in [0.15, 0.2) is 5.75 Å². The summed E-state index contributed by atoms with van der Waals surface area (Å²) in [4.78, 5) is 10.6. The summed E-state index contributed by atoms with van der Waals surface area (Å²) in [5.74, 6) is -0.178. The van der Waals surface area contributed by atoms with Crippen molar-refractivity contribution >= 4 is 21.7 Å². The number of anilines is 1. The molecule has 28 heavy (non-hydrogen) atoms. The summed E-state index contributed by atoms with van der Waals surface area (Å²) in [5, 5.41) is 10.5.